The van der Waals surface area contributed by atoms with E-state index in [1.807, 2.05) is 20.8 Å². The number of carboxylic acids is 1. The molecule has 0 aromatic carbocycles. The first-order chi connectivity index (χ1) is 17.7. The first-order valence-electron chi connectivity index (χ1n) is 14.0. The molecule has 0 heterocycles. The van der Waals surface area contributed by atoms with E-state index in [9.17, 15) is 44.7 Å². The van der Waals surface area contributed by atoms with Gasteiger partial charge in [0.1, 0.15) is 17.7 Å². The molecule has 0 aliphatic heterocycles. The maximum atomic E-state index is 14.2. The standard InChI is InChI=1S/C30H44O9/c1-14(25(37)38)10-15(31)13-28(5,39)18-12-20(34)30(7)21-16(32)11-17-26(2,3)19(33)8-9-27(17,4)22(21)23(35)24(36)29(18,30)6/h14,16-19,24,32-33,36,39H,8-13H2,1-7H3,(H,37,38)/t14?,16-,17-,18+,19-,24+,27-,28-,29-,30-/m0/s1. The molecule has 0 amide bonds. The number of aliphatic hydroxyl groups excluding tert-OH is 3. The summed E-state index contributed by atoms with van der Waals surface area (Å²) < 4.78 is 0. The van der Waals surface area contributed by atoms with Crippen molar-refractivity contribution in [2.45, 2.75) is 111 Å². The summed E-state index contributed by atoms with van der Waals surface area (Å²) in [6.45, 7) is 11.8. The number of fused-ring (bicyclic) bond motifs is 4. The van der Waals surface area contributed by atoms with Crippen LogP contribution in [0.4, 0.5) is 0 Å². The highest BCUT2D eigenvalue weighted by atomic mass is 16.4. The maximum Gasteiger partial charge on any atom is 0.306 e. The molecule has 4 aliphatic carbocycles. The third-order valence-corrected chi connectivity index (χ3v) is 11.7. The van der Waals surface area contributed by atoms with Crippen molar-refractivity contribution in [2.75, 3.05) is 0 Å². The van der Waals surface area contributed by atoms with E-state index in [-0.39, 0.29) is 36.5 Å². The fraction of sp³-hybridized carbons (Fsp3) is 0.800. The maximum absolute atomic E-state index is 14.2. The van der Waals surface area contributed by atoms with Crippen LogP contribution in [0.3, 0.4) is 0 Å². The quantitative estimate of drug-likeness (QED) is 0.334. The Morgan fingerprint density at radius 1 is 1.08 bits per heavy atom. The van der Waals surface area contributed by atoms with Crippen LogP contribution < -0.4 is 0 Å². The smallest absolute Gasteiger partial charge is 0.306 e. The number of ketones is 3. The number of Topliss-reactive ketones (excluding diaryl/α,β-unsaturated/α-hetero) is 3. The Kier molecular flexibility index (Phi) is 6.95. The number of hydrogen-bond acceptors (Lipinski definition) is 8. The van der Waals surface area contributed by atoms with Crippen molar-refractivity contribution in [2.24, 2.45) is 39.4 Å². The van der Waals surface area contributed by atoms with Crippen LogP contribution in [0, 0.1) is 39.4 Å². The van der Waals surface area contributed by atoms with E-state index in [0.717, 1.165) is 0 Å². The van der Waals surface area contributed by atoms with Gasteiger partial charge in [0, 0.05) is 36.2 Å². The summed E-state index contributed by atoms with van der Waals surface area (Å²) in [4.78, 5) is 52.1. The fourth-order valence-electron chi connectivity index (χ4n) is 9.16. The predicted molar refractivity (Wildman–Crippen MR) is 140 cm³/mol. The molecule has 39 heavy (non-hydrogen) atoms. The van der Waals surface area contributed by atoms with Gasteiger partial charge in [-0.15, -0.1) is 0 Å². The van der Waals surface area contributed by atoms with Gasteiger partial charge in [-0.3, -0.25) is 19.2 Å². The zero-order valence-electron chi connectivity index (χ0n) is 24.1. The molecule has 0 bridgehead atoms. The van der Waals surface area contributed by atoms with E-state index in [1.54, 1.807) is 13.8 Å². The second-order valence-corrected chi connectivity index (χ2v) is 14.3. The summed E-state index contributed by atoms with van der Waals surface area (Å²) in [5.41, 5.74) is -5.62. The van der Waals surface area contributed by atoms with Crippen LogP contribution in [0.1, 0.15) is 87.0 Å². The van der Waals surface area contributed by atoms with E-state index >= 15 is 0 Å². The normalized spacial score (nSPS) is 43.7. The minimum atomic E-state index is -1.82. The first-order valence-corrected chi connectivity index (χ1v) is 14.0. The Morgan fingerprint density at radius 2 is 1.67 bits per heavy atom. The summed E-state index contributed by atoms with van der Waals surface area (Å²) in [7, 11) is 0. The van der Waals surface area contributed by atoms with Gasteiger partial charge in [-0.25, -0.2) is 0 Å². The summed E-state index contributed by atoms with van der Waals surface area (Å²) in [6.07, 6.45) is -3.25. The molecular formula is C30H44O9. The van der Waals surface area contributed by atoms with E-state index in [4.69, 9.17) is 0 Å². The number of hydrogen-bond donors (Lipinski definition) is 5. The van der Waals surface area contributed by atoms with Crippen LogP contribution in [0.15, 0.2) is 11.1 Å². The zero-order chi connectivity index (χ0) is 29.7. The Morgan fingerprint density at radius 3 is 2.23 bits per heavy atom. The van der Waals surface area contributed by atoms with Crippen molar-refractivity contribution in [3.05, 3.63) is 11.1 Å². The summed E-state index contributed by atoms with van der Waals surface area (Å²) in [5, 5.41) is 54.9. The van der Waals surface area contributed by atoms with Crippen LogP contribution in [-0.2, 0) is 19.2 Å². The highest BCUT2D eigenvalue weighted by Crippen LogP contribution is 2.71. The van der Waals surface area contributed by atoms with Crippen molar-refractivity contribution < 1.29 is 44.7 Å². The molecule has 9 heteroatoms. The van der Waals surface area contributed by atoms with Gasteiger partial charge in [0.05, 0.1) is 29.1 Å². The van der Waals surface area contributed by atoms with Crippen molar-refractivity contribution in [3.63, 3.8) is 0 Å². The van der Waals surface area contributed by atoms with Gasteiger partial charge in [0.25, 0.3) is 0 Å². The second-order valence-electron chi connectivity index (χ2n) is 14.3. The number of aliphatic hydroxyl groups is 4. The number of carbonyl (C=O) groups is 4. The second kappa shape index (κ2) is 9.03. The topological polar surface area (TPSA) is 169 Å². The van der Waals surface area contributed by atoms with Crippen molar-refractivity contribution in [3.8, 4) is 0 Å². The van der Waals surface area contributed by atoms with Crippen LogP contribution in [0.25, 0.3) is 0 Å². The molecule has 4 aliphatic rings. The van der Waals surface area contributed by atoms with E-state index in [0.29, 0.717) is 18.4 Å². The van der Waals surface area contributed by atoms with E-state index in [2.05, 4.69) is 0 Å². The molecular weight excluding hydrogens is 504 g/mol. The SMILES string of the molecule is CC(CC(=O)C[C@](C)(O)[C@H]1CC(=O)[C@@]2(C)C3=C(C(=O)[C@@H](O)[C@]12C)[C@@]1(C)CC[C@H](O)C(C)(C)[C@@H]1C[C@@H]3O)C(=O)O. The van der Waals surface area contributed by atoms with Crippen LogP contribution in [0.5, 0.6) is 0 Å². The van der Waals surface area contributed by atoms with Crippen LogP contribution in [-0.4, -0.2) is 72.8 Å². The molecule has 0 aromatic rings. The molecule has 1 unspecified atom stereocenters. The van der Waals surface area contributed by atoms with Gasteiger partial charge in [-0.2, -0.15) is 0 Å². The molecule has 2 fully saturated rings. The van der Waals surface area contributed by atoms with E-state index < -0.39 is 81.4 Å². The monoisotopic (exact) mass is 548 g/mol. The summed E-state index contributed by atoms with van der Waals surface area (Å²) in [6, 6.07) is 0. The third-order valence-electron chi connectivity index (χ3n) is 11.7. The molecule has 5 N–H and O–H groups in total. The summed E-state index contributed by atoms with van der Waals surface area (Å²) >= 11 is 0. The number of aliphatic carboxylic acids is 1. The highest BCUT2D eigenvalue weighted by molar-refractivity contribution is 6.08. The minimum absolute atomic E-state index is 0.208. The number of carbonyl (C=O) groups excluding carboxylic acids is 3. The lowest BCUT2D eigenvalue weighted by Crippen LogP contribution is -2.66. The van der Waals surface area contributed by atoms with Crippen molar-refractivity contribution >= 4 is 23.3 Å². The van der Waals surface area contributed by atoms with Gasteiger partial charge < -0.3 is 25.5 Å². The molecule has 10 atom stereocenters. The number of rotatable bonds is 6. The molecule has 0 saturated heterocycles. The summed E-state index contributed by atoms with van der Waals surface area (Å²) in [5.74, 6) is -4.74. The predicted octanol–water partition coefficient (Wildman–Crippen LogP) is 2.22. The number of carboxylic acid groups (broad SMARTS) is 1. The fourth-order valence-corrected chi connectivity index (χ4v) is 9.16. The highest BCUT2D eigenvalue weighted by Gasteiger charge is 2.74. The first kappa shape index (κ1) is 30.0. The molecule has 0 aromatic heterocycles. The van der Waals surface area contributed by atoms with Crippen molar-refractivity contribution in [1.29, 1.82) is 0 Å². The average Bonchev–Trinajstić information content (AvgIpc) is 3.04. The Hall–Kier alpha value is -1.94. The lowest BCUT2D eigenvalue weighted by atomic mass is 9.41. The molecule has 9 nitrogen and oxygen atoms in total. The zero-order valence-corrected chi connectivity index (χ0v) is 24.1. The van der Waals surface area contributed by atoms with Gasteiger partial charge in [0.15, 0.2) is 5.78 Å². The van der Waals surface area contributed by atoms with Crippen LogP contribution >= 0.6 is 0 Å². The van der Waals surface area contributed by atoms with E-state index in [1.165, 1.54) is 13.8 Å². The minimum Gasteiger partial charge on any atom is -0.481 e. The molecule has 0 radical (unpaired) electrons. The van der Waals surface area contributed by atoms with Crippen molar-refractivity contribution in [1.82, 2.24) is 0 Å². The van der Waals surface area contributed by atoms with Gasteiger partial charge in [-0.1, -0.05) is 34.6 Å². The Balaban J connectivity index is 1.83. The molecule has 4 rings (SSSR count). The van der Waals surface area contributed by atoms with Gasteiger partial charge in [0.2, 0.25) is 0 Å². The molecule has 2 saturated carbocycles. The molecule has 218 valence electrons. The lowest BCUT2D eigenvalue weighted by molar-refractivity contribution is -0.169. The Labute approximate surface area is 229 Å². The average molecular weight is 549 g/mol. The Bertz CT molecular complexity index is 1150. The molecule has 0 spiro atoms. The van der Waals surface area contributed by atoms with Gasteiger partial charge >= 0.3 is 5.97 Å². The largest absolute Gasteiger partial charge is 0.481 e. The third kappa shape index (κ3) is 3.86. The van der Waals surface area contributed by atoms with Crippen LogP contribution in [0.2, 0.25) is 0 Å². The lowest BCUT2D eigenvalue weighted by Gasteiger charge is -2.62. The van der Waals surface area contributed by atoms with Gasteiger partial charge in [-0.05, 0) is 55.4 Å².